The van der Waals surface area contributed by atoms with Crippen molar-refractivity contribution in [2.75, 3.05) is 96.1 Å². The molecule has 14 nitrogen and oxygen atoms in total. The number of hydrogen-bond acceptors (Lipinski definition) is 12. The van der Waals surface area contributed by atoms with Gasteiger partial charge in [0.2, 0.25) is 11.8 Å². The second-order valence-corrected chi connectivity index (χ2v) is 16.9. The molecule has 1 fully saturated rings. The highest BCUT2D eigenvalue weighted by molar-refractivity contribution is 5.80. The van der Waals surface area contributed by atoms with Gasteiger partial charge in [-0.1, -0.05) is 12.1 Å². The third-order valence-corrected chi connectivity index (χ3v) is 13.3. The van der Waals surface area contributed by atoms with E-state index in [-0.39, 0.29) is 49.1 Å². The third kappa shape index (κ3) is 9.49. The SMILES string of the molecule is COc1ccc(CC2c3cc(OC)c(OC)cc3CCN2C(=O)CN2CC(C)N(CC(=O)N3CCc4cc(OC)c(OC)cc4C3Cc3ccc(OC)c(OC)c3)C(C)C2)cc1OC. The number of fused-ring (bicyclic) bond motifs is 2. The number of piperazine rings is 1. The standard InChI is InChI=1S/C50H64N4O10/c1-31-27-51(29-49(55)52-17-15-35-23-45(61-7)47(63-9)25-37(35)39(52)19-33-11-13-41(57-3)43(21-33)59-5)28-32(2)54(31)30-50(56)53-18-16-36-24-46(62-8)48(64-10)26-38(36)40(53)20-34-12-14-42(58-4)44(22-34)60-6/h11-14,21-26,31-32,39-40H,15-20,27-30H2,1-10H3. The highest BCUT2D eigenvalue weighted by atomic mass is 16.5. The van der Waals surface area contributed by atoms with E-state index in [4.69, 9.17) is 37.9 Å². The number of benzene rings is 4. The maximum Gasteiger partial charge on any atom is 0.237 e. The molecule has 0 spiro atoms. The van der Waals surface area contributed by atoms with Crippen molar-refractivity contribution in [1.29, 1.82) is 0 Å². The zero-order chi connectivity index (χ0) is 45.7. The lowest BCUT2D eigenvalue weighted by Gasteiger charge is -2.46. The van der Waals surface area contributed by atoms with E-state index < -0.39 is 0 Å². The Hall–Kier alpha value is -5.86. The molecule has 3 aliphatic heterocycles. The van der Waals surface area contributed by atoms with Crippen molar-refractivity contribution in [1.82, 2.24) is 19.6 Å². The van der Waals surface area contributed by atoms with Gasteiger partial charge in [0.15, 0.2) is 46.0 Å². The summed E-state index contributed by atoms with van der Waals surface area (Å²) >= 11 is 0. The van der Waals surface area contributed by atoms with Gasteiger partial charge in [-0.25, -0.2) is 0 Å². The van der Waals surface area contributed by atoms with Crippen molar-refractivity contribution in [3.05, 3.63) is 94.0 Å². The van der Waals surface area contributed by atoms with Crippen molar-refractivity contribution < 1.29 is 47.5 Å². The third-order valence-electron chi connectivity index (χ3n) is 13.3. The lowest BCUT2D eigenvalue weighted by molar-refractivity contribution is -0.140. The van der Waals surface area contributed by atoms with Crippen LogP contribution in [0.2, 0.25) is 0 Å². The number of nitrogens with zero attached hydrogens (tertiary/aromatic N) is 4. The summed E-state index contributed by atoms with van der Waals surface area (Å²) in [6.45, 7) is 7.27. The first-order valence-corrected chi connectivity index (χ1v) is 22.0. The molecular weight excluding hydrogens is 817 g/mol. The van der Waals surface area contributed by atoms with Gasteiger partial charge in [-0.3, -0.25) is 19.4 Å². The fourth-order valence-corrected chi connectivity index (χ4v) is 9.99. The number of methoxy groups -OCH3 is 8. The Morgan fingerprint density at radius 3 is 1.23 bits per heavy atom. The molecule has 1 saturated heterocycles. The summed E-state index contributed by atoms with van der Waals surface area (Å²) in [4.78, 5) is 37.8. The van der Waals surface area contributed by atoms with E-state index >= 15 is 0 Å². The van der Waals surface area contributed by atoms with Crippen LogP contribution in [0.15, 0.2) is 60.7 Å². The monoisotopic (exact) mass is 880 g/mol. The van der Waals surface area contributed by atoms with E-state index in [0.29, 0.717) is 97.9 Å². The van der Waals surface area contributed by atoms with Crippen LogP contribution in [0.25, 0.3) is 0 Å². The van der Waals surface area contributed by atoms with E-state index in [0.717, 1.165) is 33.4 Å². The molecule has 0 aromatic heterocycles. The summed E-state index contributed by atoms with van der Waals surface area (Å²) in [6.07, 6.45) is 2.54. The maximum absolute atomic E-state index is 14.7. The quantitative estimate of drug-likeness (QED) is 0.128. The Morgan fingerprint density at radius 2 is 0.844 bits per heavy atom. The Bertz CT molecular complexity index is 2290. The van der Waals surface area contributed by atoms with Crippen LogP contribution < -0.4 is 37.9 Å². The van der Waals surface area contributed by atoms with Crippen LogP contribution in [0, 0.1) is 0 Å². The first-order chi connectivity index (χ1) is 31.0. The van der Waals surface area contributed by atoms with Crippen molar-refractivity contribution in [3.8, 4) is 46.0 Å². The van der Waals surface area contributed by atoms with Crippen LogP contribution in [0.1, 0.15) is 59.3 Å². The van der Waals surface area contributed by atoms with E-state index in [2.05, 4.69) is 23.6 Å². The van der Waals surface area contributed by atoms with Crippen molar-refractivity contribution >= 4 is 11.8 Å². The Morgan fingerprint density at radius 1 is 0.484 bits per heavy atom. The van der Waals surface area contributed by atoms with Gasteiger partial charge >= 0.3 is 0 Å². The minimum atomic E-state index is -0.249. The Labute approximate surface area is 377 Å². The number of amides is 2. The maximum atomic E-state index is 14.7. The first-order valence-electron chi connectivity index (χ1n) is 22.0. The number of ether oxygens (including phenoxy) is 8. The molecule has 4 aromatic carbocycles. The average molecular weight is 881 g/mol. The molecule has 4 atom stereocenters. The average Bonchev–Trinajstić information content (AvgIpc) is 3.31. The highest BCUT2D eigenvalue weighted by Crippen LogP contribution is 2.43. The van der Waals surface area contributed by atoms with E-state index in [1.807, 2.05) is 70.5 Å². The Balaban J connectivity index is 1.08. The molecule has 2 amide bonds. The molecule has 4 unspecified atom stereocenters. The summed E-state index contributed by atoms with van der Waals surface area (Å²) in [5, 5.41) is 0. The minimum absolute atomic E-state index is 0.0209. The molecule has 0 saturated carbocycles. The summed E-state index contributed by atoms with van der Waals surface area (Å²) in [5.41, 5.74) is 6.39. The summed E-state index contributed by atoms with van der Waals surface area (Å²) in [5.74, 6) is 5.29. The van der Waals surface area contributed by atoms with Crippen LogP contribution in [0.5, 0.6) is 46.0 Å². The molecule has 14 heteroatoms. The van der Waals surface area contributed by atoms with Crippen molar-refractivity contribution in [2.45, 2.75) is 63.7 Å². The van der Waals surface area contributed by atoms with Crippen LogP contribution >= 0.6 is 0 Å². The normalized spacial score (nSPS) is 19.8. The van der Waals surface area contributed by atoms with Gasteiger partial charge in [0.05, 0.1) is 82.1 Å². The molecule has 0 N–H and O–H groups in total. The molecule has 3 heterocycles. The van der Waals surface area contributed by atoms with Gasteiger partial charge in [-0.2, -0.15) is 0 Å². The minimum Gasteiger partial charge on any atom is -0.493 e. The molecule has 0 radical (unpaired) electrons. The van der Waals surface area contributed by atoms with Crippen LogP contribution in [0.4, 0.5) is 0 Å². The predicted octanol–water partition coefficient (Wildman–Crippen LogP) is 6.19. The predicted molar refractivity (Wildman–Crippen MR) is 244 cm³/mol. The molecule has 344 valence electrons. The van der Waals surface area contributed by atoms with Gasteiger partial charge in [-0.15, -0.1) is 0 Å². The Kier molecular flexibility index (Phi) is 14.7. The number of rotatable bonds is 16. The van der Waals surface area contributed by atoms with E-state index in [1.54, 1.807) is 56.9 Å². The first kappa shape index (κ1) is 46.1. The van der Waals surface area contributed by atoms with Gasteiger partial charge in [-0.05, 0) is 121 Å². The lowest BCUT2D eigenvalue weighted by Crippen LogP contribution is -2.60. The molecule has 0 aliphatic carbocycles. The molecule has 0 bridgehead atoms. The number of hydrogen-bond donors (Lipinski definition) is 0. The molecule has 64 heavy (non-hydrogen) atoms. The molecule has 4 aromatic rings. The lowest BCUT2D eigenvalue weighted by atomic mass is 9.87. The fraction of sp³-hybridized carbons (Fsp3) is 0.480. The topological polar surface area (TPSA) is 121 Å². The van der Waals surface area contributed by atoms with Crippen LogP contribution in [-0.2, 0) is 35.3 Å². The number of carbonyl (C=O) groups is 2. The van der Waals surface area contributed by atoms with E-state index in [9.17, 15) is 9.59 Å². The van der Waals surface area contributed by atoms with Crippen molar-refractivity contribution in [2.24, 2.45) is 0 Å². The second-order valence-electron chi connectivity index (χ2n) is 16.9. The van der Waals surface area contributed by atoms with Gasteiger partial charge in [0.1, 0.15) is 0 Å². The summed E-state index contributed by atoms with van der Waals surface area (Å²) < 4.78 is 45.1. The summed E-state index contributed by atoms with van der Waals surface area (Å²) in [7, 11) is 13.0. The zero-order valence-corrected chi connectivity index (χ0v) is 39.0. The van der Waals surface area contributed by atoms with Gasteiger partial charge in [0.25, 0.3) is 0 Å². The van der Waals surface area contributed by atoms with Gasteiger partial charge < -0.3 is 47.7 Å². The fourth-order valence-electron chi connectivity index (χ4n) is 9.99. The number of carbonyl (C=O) groups excluding carboxylic acids is 2. The van der Waals surface area contributed by atoms with Crippen molar-refractivity contribution in [3.63, 3.8) is 0 Å². The van der Waals surface area contributed by atoms with Crippen LogP contribution in [0.3, 0.4) is 0 Å². The largest absolute Gasteiger partial charge is 0.493 e. The van der Waals surface area contributed by atoms with E-state index in [1.165, 1.54) is 0 Å². The second kappa shape index (κ2) is 20.3. The molecule has 3 aliphatic rings. The summed E-state index contributed by atoms with van der Waals surface area (Å²) in [6, 6.07) is 19.5. The van der Waals surface area contributed by atoms with Gasteiger partial charge in [0, 0.05) is 38.3 Å². The zero-order valence-electron chi connectivity index (χ0n) is 39.0. The highest BCUT2D eigenvalue weighted by Gasteiger charge is 2.39. The molecule has 7 rings (SSSR count). The molecular formula is C50H64N4O10. The van der Waals surface area contributed by atoms with Crippen LogP contribution in [-0.4, -0.2) is 140 Å². The smallest absolute Gasteiger partial charge is 0.237 e.